The molecule has 0 amide bonds. The van der Waals surface area contributed by atoms with Crippen LogP contribution in [0.5, 0.6) is 0 Å². The number of hydrogen-bond donors (Lipinski definition) is 1. The summed E-state index contributed by atoms with van der Waals surface area (Å²) in [5, 5.41) is 3.11. The molecular formula is C9H14N4S. The van der Waals surface area contributed by atoms with Crippen LogP contribution in [-0.2, 0) is 0 Å². The molecule has 0 saturated carbocycles. The largest absolute Gasteiger partial charge is 0.370 e. The molecule has 0 spiro atoms. The fraction of sp³-hybridized carbons (Fsp3) is 0.556. The van der Waals surface area contributed by atoms with Crippen molar-refractivity contribution in [1.29, 1.82) is 0 Å². The average Bonchev–Trinajstić information content (AvgIpc) is 2.77. The molecule has 0 aliphatic carbocycles. The van der Waals surface area contributed by atoms with Gasteiger partial charge in [0.15, 0.2) is 5.96 Å². The number of guanidine groups is 1. The lowest BCUT2D eigenvalue weighted by molar-refractivity contribution is 0.346. The summed E-state index contributed by atoms with van der Waals surface area (Å²) < 4.78 is 0. The maximum absolute atomic E-state index is 5.81. The monoisotopic (exact) mass is 210 g/mol. The van der Waals surface area contributed by atoms with E-state index >= 15 is 0 Å². The zero-order chi connectivity index (χ0) is 9.97. The second-order valence-corrected chi connectivity index (χ2v) is 4.20. The molecule has 1 aromatic rings. The van der Waals surface area contributed by atoms with Gasteiger partial charge in [-0.2, -0.15) is 0 Å². The molecule has 0 saturated heterocycles. The van der Waals surface area contributed by atoms with Crippen LogP contribution in [0.3, 0.4) is 0 Å². The molecule has 2 rings (SSSR count). The minimum absolute atomic E-state index is 0.273. The predicted molar refractivity (Wildman–Crippen MR) is 58.3 cm³/mol. The summed E-state index contributed by atoms with van der Waals surface area (Å²) in [5.41, 5.74) is 5.81. The van der Waals surface area contributed by atoms with Crippen LogP contribution in [0.2, 0.25) is 0 Å². The molecule has 1 aromatic heterocycles. The zero-order valence-corrected chi connectivity index (χ0v) is 9.00. The van der Waals surface area contributed by atoms with Gasteiger partial charge in [-0.3, -0.25) is 4.99 Å². The van der Waals surface area contributed by atoms with Gasteiger partial charge in [-0.25, -0.2) is 4.98 Å². The van der Waals surface area contributed by atoms with Crippen LogP contribution < -0.4 is 5.73 Å². The molecule has 2 N–H and O–H groups in total. The summed E-state index contributed by atoms with van der Waals surface area (Å²) in [6.07, 6.45) is 2.91. The van der Waals surface area contributed by atoms with E-state index in [0.717, 1.165) is 24.5 Å². The Labute approximate surface area is 87.5 Å². The molecule has 2 heterocycles. The van der Waals surface area contributed by atoms with Crippen molar-refractivity contribution in [3.8, 4) is 0 Å². The molecule has 4 nitrogen and oxygen atoms in total. The van der Waals surface area contributed by atoms with Crippen LogP contribution >= 0.6 is 11.3 Å². The van der Waals surface area contributed by atoms with Gasteiger partial charge in [0.1, 0.15) is 11.0 Å². The van der Waals surface area contributed by atoms with Crippen molar-refractivity contribution in [2.45, 2.75) is 19.4 Å². The highest BCUT2D eigenvalue weighted by atomic mass is 32.1. The van der Waals surface area contributed by atoms with Crippen molar-refractivity contribution in [3.05, 3.63) is 16.6 Å². The molecule has 0 aromatic carbocycles. The summed E-state index contributed by atoms with van der Waals surface area (Å²) in [5.74, 6) is 0.659. The third-order valence-corrected chi connectivity index (χ3v) is 3.17. The Balaban J connectivity index is 2.14. The van der Waals surface area contributed by atoms with E-state index < -0.39 is 0 Å². The molecule has 0 bridgehead atoms. The fourth-order valence-electron chi connectivity index (χ4n) is 1.65. The van der Waals surface area contributed by atoms with Gasteiger partial charge >= 0.3 is 0 Å². The van der Waals surface area contributed by atoms with Crippen LogP contribution in [-0.4, -0.2) is 28.9 Å². The molecular weight excluding hydrogens is 196 g/mol. The molecule has 5 heteroatoms. The topological polar surface area (TPSA) is 54.5 Å². The van der Waals surface area contributed by atoms with Crippen molar-refractivity contribution in [3.63, 3.8) is 0 Å². The smallest absolute Gasteiger partial charge is 0.192 e. The normalized spacial score (nSPS) is 21.4. The molecule has 14 heavy (non-hydrogen) atoms. The summed E-state index contributed by atoms with van der Waals surface area (Å²) in [6, 6.07) is 0.273. The third-order valence-electron chi connectivity index (χ3n) is 2.30. The van der Waals surface area contributed by atoms with E-state index in [0.29, 0.717) is 5.96 Å². The van der Waals surface area contributed by atoms with Crippen molar-refractivity contribution in [2.24, 2.45) is 10.7 Å². The van der Waals surface area contributed by atoms with E-state index in [9.17, 15) is 0 Å². The van der Waals surface area contributed by atoms with Crippen LogP contribution in [0.4, 0.5) is 0 Å². The Morgan fingerprint density at radius 3 is 3.21 bits per heavy atom. The van der Waals surface area contributed by atoms with Gasteiger partial charge in [0.25, 0.3) is 0 Å². The molecule has 1 aliphatic heterocycles. The number of nitrogens with zero attached hydrogens (tertiary/aromatic N) is 3. The Hall–Kier alpha value is -1.10. The van der Waals surface area contributed by atoms with Crippen LogP contribution in [0.15, 0.2) is 16.6 Å². The lowest BCUT2D eigenvalue weighted by Crippen LogP contribution is -2.36. The van der Waals surface area contributed by atoms with Crippen molar-refractivity contribution in [2.75, 3.05) is 13.1 Å². The Morgan fingerprint density at radius 1 is 1.71 bits per heavy atom. The van der Waals surface area contributed by atoms with Gasteiger partial charge in [0, 0.05) is 18.1 Å². The SMILES string of the molecule is CCCN1C(N)=NCC1c1nccs1. The quantitative estimate of drug-likeness (QED) is 0.816. The number of aliphatic imine (C=N–C) groups is 1. The summed E-state index contributed by atoms with van der Waals surface area (Å²) in [4.78, 5) is 10.7. The first kappa shape index (κ1) is 9.45. The second-order valence-electron chi connectivity index (χ2n) is 3.28. The molecule has 1 aliphatic rings. The Bertz CT molecular complexity index is 320. The summed E-state index contributed by atoms with van der Waals surface area (Å²) in [6.45, 7) is 3.85. The average molecular weight is 210 g/mol. The van der Waals surface area contributed by atoms with Gasteiger partial charge in [-0.15, -0.1) is 11.3 Å². The van der Waals surface area contributed by atoms with Crippen molar-refractivity contribution >= 4 is 17.3 Å². The first-order valence-corrected chi connectivity index (χ1v) is 5.67. The van der Waals surface area contributed by atoms with Gasteiger partial charge in [0.05, 0.1) is 6.54 Å². The van der Waals surface area contributed by atoms with E-state index in [4.69, 9.17) is 5.73 Å². The minimum Gasteiger partial charge on any atom is -0.370 e. The molecule has 0 radical (unpaired) electrons. The lowest BCUT2D eigenvalue weighted by Gasteiger charge is -2.23. The third kappa shape index (κ3) is 1.59. The summed E-state index contributed by atoms with van der Waals surface area (Å²) in [7, 11) is 0. The minimum atomic E-state index is 0.273. The van der Waals surface area contributed by atoms with E-state index in [-0.39, 0.29) is 6.04 Å². The van der Waals surface area contributed by atoms with Gasteiger partial charge in [0.2, 0.25) is 0 Å². The van der Waals surface area contributed by atoms with Crippen molar-refractivity contribution in [1.82, 2.24) is 9.88 Å². The number of nitrogens with two attached hydrogens (primary N) is 1. The Kier molecular flexibility index (Phi) is 2.67. The van der Waals surface area contributed by atoms with Gasteiger partial charge < -0.3 is 10.6 Å². The van der Waals surface area contributed by atoms with E-state index in [2.05, 4.69) is 21.8 Å². The lowest BCUT2D eigenvalue weighted by atomic mass is 10.3. The van der Waals surface area contributed by atoms with E-state index in [1.165, 1.54) is 0 Å². The van der Waals surface area contributed by atoms with Gasteiger partial charge in [-0.1, -0.05) is 6.92 Å². The second kappa shape index (κ2) is 3.96. The molecule has 1 atom stereocenters. The highest BCUT2D eigenvalue weighted by Gasteiger charge is 2.28. The first-order valence-electron chi connectivity index (χ1n) is 4.79. The highest BCUT2D eigenvalue weighted by molar-refractivity contribution is 7.09. The highest BCUT2D eigenvalue weighted by Crippen LogP contribution is 2.26. The van der Waals surface area contributed by atoms with E-state index in [1.807, 2.05) is 11.6 Å². The summed E-state index contributed by atoms with van der Waals surface area (Å²) >= 11 is 1.67. The van der Waals surface area contributed by atoms with Gasteiger partial charge in [-0.05, 0) is 6.42 Å². The van der Waals surface area contributed by atoms with Crippen molar-refractivity contribution < 1.29 is 0 Å². The molecule has 0 fully saturated rings. The maximum atomic E-state index is 5.81. The number of rotatable bonds is 3. The van der Waals surface area contributed by atoms with Crippen LogP contribution in [0, 0.1) is 0 Å². The molecule has 76 valence electrons. The van der Waals surface area contributed by atoms with Crippen LogP contribution in [0.25, 0.3) is 0 Å². The van der Waals surface area contributed by atoms with E-state index in [1.54, 1.807) is 11.3 Å². The Morgan fingerprint density at radius 2 is 2.57 bits per heavy atom. The van der Waals surface area contributed by atoms with Crippen LogP contribution in [0.1, 0.15) is 24.4 Å². The first-order chi connectivity index (χ1) is 6.83. The zero-order valence-electron chi connectivity index (χ0n) is 8.18. The fourth-order valence-corrected chi connectivity index (χ4v) is 2.39. The number of thiazole rings is 1. The maximum Gasteiger partial charge on any atom is 0.192 e. The predicted octanol–water partition coefficient (Wildman–Crippen LogP) is 1.22. The molecule has 1 unspecified atom stereocenters. The standard InChI is InChI=1S/C9H14N4S/c1-2-4-13-7(6-12-9(13)10)8-11-3-5-14-8/h3,5,7H,2,4,6H2,1H3,(H2,10,12). The number of hydrogen-bond acceptors (Lipinski definition) is 5. The number of aromatic nitrogens is 1.